The van der Waals surface area contributed by atoms with Gasteiger partial charge in [0.15, 0.2) is 5.03 Å². The van der Waals surface area contributed by atoms with Gasteiger partial charge in [0, 0.05) is 24.4 Å². The minimum absolute atomic E-state index is 0.0726. The van der Waals surface area contributed by atoms with Crippen LogP contribution in [0.3, 0.4) is 0 Å². The Hall–Kier alpha value is -1.97. The second kappa shape index (κ2) is 5.99. The van der Waals surface area contributed by atoms with Crippen LogP contribution >= 0.6 is 0 Å². The lowest BCUT2D eigenvalue weighted by atomic mass is 10.3. The van der Waals surface area contributed by atoms with Crippen molar-refractivity contribution < 1.29 is 18.3 Å². The van der Waals surface area contributed by atoms with Gasteiger partial charge in [0.2, 0.25) is 5.88 Å². The molecule has 0 atom stereocenters. The molecule has 0 aromatic carbocycles. The highest BCUT2D eigenvalue weighted by molar-refractivity contribution is 7.89. The first-order valence-electron chi connectivity index (χ1n) is 5.68. The van der Waals surface area contributed by atoms with Gasteiger partial charge in [-0.05, 0) is 5.56 Å². The van der Waals surface area contributed by atoms with Crippen LogP contribution in [0, 0.1) is 0 Å². The van der Waals surface area contributed by atoms with Crippen LogP contribution in [-0.2, 0) is 23.2 Å². The maximum absolute atomic E-state index is 12.0. The molecule has 0 bridgehead atoms. The molecule has 108 valence electrons. The third kappa shape index (κ3) is 3.13. The van der Waals surface area contributed by atoms with E-state index in [9.17, 15) is 8.42 Å². The number of methoxy groups -OCH3 is 1. The van der Waals surface area contributed by atoms with E-state index in [0.717, 1.165) is 0 Å². The predicted octanol–water partition coefficient (Wildman–Crippen LogP) is -0.216. The van der Waals surface area contributed by atoms with Crippen LogP contribution in [0.2, 0.25) is 0 Å². The maximum Gasteiger partial charge on any atom is 0.258 e. The van der Waals surface area contributed by atoms with E-state index in [1.165, 1.54) is 19.5 Å². The summed E-state index contributed by atoms with van der Waals surface area (Å²) < 4.78 is 31.4. The molecule has 0 amide bonds. The quantitative estimate of drug-likeness (QED) is 0.679. The molecule has 20 heavy (non-hydrogen) atoms. The maximum atomic E-state index is 12.0. The van der Waals surface area contributed by atoms with E-state index >= 15 is 0 Å². The molecule has 0 aliphatic heterocycles. The molecule has 0 fully saturated rings. The summed E-state index contributed by atoms with van der Waals surface area (Å²) >= 11 is 0. The van der Waals surface area contributed by atoms with Crippen molar-refractivity contribution in [3.8, 4) is 5.88 Å². The van der Waals surface area contributed by atoms with Crippen LogP contribution < -0.4 is 9.46 Å². The summed E-state index contributed by atoms with van der Waals surface area (Å²) in [5.74, 6) is 0.452. The van der Waals surface area contributed by atoms with Gasteiger partial charge in [-0.2, -0.15) is 5.10 Å². The molecular weight excluding hydrogens is 284 g/mol. The molecule has 2 heterocycles. The van der Waals surface area contributed by atoms with Crippen LogP contribution in [0.5, 0.6) is 5.88 Å². The molecule has 9 heteroatoms. The zero-order chi connectivity index (χ0) is 14.6. The Morgan fingerprint density at radius 2 is 2.20 bits per heavy atom. The summed E-state index contributed by atoms with van der Waals surface area (Å²) in [6.07, 6.45) is 2.78. The van der Waals surface area contributed by atoms with Crippen molar-refractivity contribution >= 4 is 10.0 Å². The molecule has 0 saturated heterocycles. The third-order valence-electron chi connectivity index (χ3n) is 2.59. The molecule has 0 aliphatic rings. The summed E-state index contributed by atoms with van der Waals surface area (Å²) in [5.41, 5.74) is 0.893. The van der Waals surface area contributed by atoms with Crippen LogP contribution in [0.15, 0.2) is 29.6 Å². The van der Waals surface area contributed by atoms with Gasteiger partial charge in [-0.3, -0.25) is 5.10 Å². The predicted molar refractivity (Wildman–Crippen MR) is 69.3 cm³/mol. The monoisotopic (exact) mass is 298 g/mol. The fourth-order valence-electron chi connectivity index (χ4n) is 1.53. The van der Waals surface area contributed by atoms with Gasteiger partial charge in [0.25, 0.3) is 10.0 Å². The van der Waals surface area contributed by atoms with Gasteiger partial charge < -0.3 is 9.84 Å². The smallest absolute Gasteiger partial charge is 0.258 e. The SMILES string of the molecule is COc1ccc(CNS(=O)(=O)c2[nH]ncc2CO)cn1. The minimum Gasteiger partial charge on any atom is -0.481 e. The van der Waals surface area contributed by atoms with E-state index in [-0.39, 0.29) is 17.1 Å². The number of aliphatic hydroxyl groups excluding tert-OH is 1. The third-order valence-corrected chi connectivity index (χ3v) is 4.01. The van der Waals surface area contributed by atoms with E-state index in [2.05, 4.69) is 19.9 Å². The molecule has 0 spiro atoms. The second-order valence-electron chi connectivity index (χ2n) is 3.92. The number of sulfonamides is 1. The number of rotatable bonds is 6. The highest BCUT2D eigenvalue weighted by Crippen LogP contribution is 2.12. The number of hydrogen-bond acceptors (Lipinski definition) is 6. The van der Waals surface area contributed by atoms with Crippen LogP contribution in [0.1, 0.15) is 11.1 Å². The number of aliphatic hydroxyl groups is 1. The Bertz CT molecular complexity index is 666. The van der Waals surface area contributed by atoms with Gasteiger partial charge in [-0.25, -0.2) is 18.1 Å². The highest BCUT2D eigenvalue weighted by Gasteiger charge is 2.20. The summed E-state index contributed by atoms with van der Waals surface area (Å²) in [5, 5.41) is 14.9. The number of pyridine rings is 1. The van der Waals surface area contributed by atoms with Gasteiger partial charge >= 0.3 is 0 Å². The number of nitrogens with one attached hydrogen (secondary N) is 2. The molecule has 0 saturated carbocycles. The lowest BCUT2D eigenvalue weighted by Crippen LogP contribution is -2.24. The summed E-state index contributed by atoms with van der Waals surface area (Å²) in [6, 6.07) is 3.34. The highest BCUT2D eigenvalue weighted by atomic mass is 32.2. The first kappa shape index (κ1) is 14.4. The van der Waals surface area contributed by atoms with Crippen molar-refractivity contribution in [1.82, 2.24) is 19.9 Å². The zero-order valence-corrected chi connectivity index (χ0v) is 11.5. The number of hydrogen-bond donors (Lipinski definition) is 3. The zero-order valence-electron chi connectivity index (χ0n) is 10.7. The molecule has 2 aromatic heterocycles. The molecule has 2 rings (SSSR count). The summed E-state index contributed by atoms with van der Waals surface area (Å²) in [4.78, 5) is 3.98. The van der Waals surface area contributed by atoms with E-state index < -0.39 is 16.6 Å². The topological polar surface area (TPSA) is 117 Å². The molecule has 0 unspecified atom stereocenters. The van der Waals surface area contributed by atoms with Crippen LogP contribution in [0.4, 0.5) is 0 Å². The molecule has 0 radical (unpaired) electrons. The van der Waals surface area contributed by atoms with Crippen molar-refractivity contribution in [2.75, 3.05) is 7.11 Å². The van der Waals surface area contributed by atoms with Crippen LogP contribution in [0.25, 0.3) is 0 Å². The fourth-order valence-corrected chi connectivity index (χ4v) is 2.67. The Labute approximate surface area is 115 Å². The van der Waals surface area contributed by atoms with E-state index in [0.29, 0.717) is 11.4 Å². The number of aromatic nitrogens is 3. The van der Waals surface area contributed by atoms with E-state index in [4.69, 9.17) is 9.84 Å². The largest absolute Gasteiger partial charge is 0.481 e. The van der Waals surface area contributed by atoms with E-state index in [1.54, 1.807) is 12.1 Å². The first-order valence-corrected chi connectivity index (χ1v) is 7.17. The molecule has 2 aromatic rings. The lowest BCUT2D eigenvalue weighted by Gasteiger charge is -2.06. The minimum atomic E-state index is -3.76. The fraction of sp³-hybridized carbons (Fsp3) is 0.273. The Balaban J connectivity index is 2.09. The van der Waals surface area contributed by atoms with E-state index in [1.807, 2.05) is 0 Å². The van der Waals surface area contributed by atoms with Gasteiger partial charge in [-0.15, -0.1) is 0 Å². The average Bonchev–Trinajstić information content (AvgIpc) is 2.95. The van der Waals surface area contributed by atoms with Crippen molar-refractivity contribution in [2.45, 2.75) is 18.2 Å². The lowest BCUT2D eigenvalue weighted by molar-refractivity contribution is 0.278. The van der Waals surface area contributed by atoms with Gasteiger partial charge in [-0.1, -0.05) is 6.07 Å². The first-order chi connectivity index (χ1) is 9.56. The molecule has 0 aliphatic carbocycles. The second-order valence-corrected chi connectivity index (χ2v) is 5.62. The Morgan fingerprint density at radius 3 is 2.80 bits per heavy atom. The molecular formula is C11H14N4O4S. The Kier molecular flexibility index (Phi) is 4.32. The standard InChI is InChI=1S/C11H14N4O4S/c1-19-10-3-2-8(4-12-10)5-14-20(17,18)11-9(7-16)6-13-15-11/h2-4,6,14,16H,5,7H2,1H3,(H,13,15). The van der Waals surface area contributed by atoms with Crippen molar-refractivity contribution in [1.29, 1.82) is 0 Å². The normalized spacial score (nSPS) is 11.5. The molecule has 8 nitrogen and oxygen atoms in total. The van der Waals surface area contributed by atoms with Crippen molar-refractivity contribution in [2.24, 2.45) is 0 Å². The van der Waals surface area contributed by atoms with Crippen molar-refractivity contribution in [3.05, 3.63) is 35.7 Å². The Morgan fingerprint density at radius 1 is 1.40 bits per heavy atom. The van der Waals surface area contributed by atoms with Gasteiger partial charge in [0.1, 0.15) is 0 Å². The number of H-pyrrole nitrogens is 1. The number of aromatic amines is 1. The summed E-state index contributed by atoms with van der Waals surface area (Å²) in [6.45, 7) is -0.333. The average molecular weight is 298 g/mol. The van der Waals surface area contributed by atoms with Gasteiger partial charge in [0.05, 0.1) is 19.9 Å². The van der Waals surface area contributed by atoms with Crippen molar-refractivity contribution in [3.63, 3.8) is 0 Å². The number of nitrogens with zero attached hydrogens (tertiary/aromatic N) is 2. The number of ether oxygens (including phenoxy) is 1. The summed E-state index contributed by atoms with van der Waals surface area (Å²) in [7, 11) is -2.26. The molecule has 3 N–H and O–H groups in total. The van der Waals surface area contributed by atoms with Crippen LogP contribution in [-0.4, -0.2) is 35.8 Å².